The lowest BCUT2D eigenvalue weighted by Gasteiger charge is -2.09. The number of carbonyl (C=O) groups is 1. The van der Waals surface area contributed by atoms with Crippen LogP contribution in [0.3, 0.4) is 0 Å². The minimum atomic E-state index is -0.156. The van der Waals surface area contributed by atoms with Crippen LogP contribution in [0, 0.1) is 6.92 Å². The fourth-order valence-electron chi connectivity index (χ4n) is 1.34. The topological polar surface area (TPSA) is 45.2 Å². The summed E-state index contributed by atoms with van der Waals surface area (Å²) < 4.78 is 1.09. The molecule has 1 N–H and O–H groups in total. The van der Waals surface area contributed by atoms with Crippen LogP contribution in [0.2, 0.25) is 0 Å². The minimum Gasteiger partial charge on any atom is -0.331 e. The van der Waals surface area contributed by atoms with Crippen molar-refractivity contribution in [3.8, 4) is 0 Å². The molecule has 1 aromatic heterocycles. The number of thiazole rings is 1. The first-order valence-corrected chi connectivity index (χ1v) is 5.74. The van der Waals surface area contributed by atoms with E-state index in [2.05, 4.69) is 10.3 Å². The summed E-state index contributed by atoms with van der Waals surface area (Å²) in [6.45, 7) is 2.01. The van der Waals surface area contributed by atoms with Crippen LogP contribution in [-0.4, -0.2) is 30.0 Å². The Kier molecular flexibility index (Phi) is 2.78. The minimum absolute atomic E-state index is 0.156. The maximum Gasteiger partial charge on any atom is 0.323 e. The zero-order chi connectivity index (χ0) is 11.7. The normalized spacial score (nSPS) is 10.4. The predicted octanol–water partition coefficient (Wildman–Crippen LogP) is 2.70. The highest BCUT2D eigenvalue weighted by molar-refractivity contribution is 7.22. The highest BCUT2D eigenvalue weighted by Crippen LogP contribution is 2.27. The van der Waals surface area contributed by atoms with Gasteiger partial charge in [0, 0.05) is 14.1 Å². The molecule has 2 rings (SSSR count). The summed E-state index contributed by atoms with van der Waals surface area (Å²) in [6.07, 6.45) is 0. The molecule has 0 aliphatic heterocycles. The van der Waals surface area contributed by atoms with E-state index in [1.54, 1.807) is 14.1 Å². The summed E-state index contributed by atoms with van der Waals surface area (Å²) >= 11 is 1.49. The molecule has 2 aromatic rings. The summed E-state index contributed by atoms with van der Waals surface area (Å²) in [5.41, 5.74) is 2.08. The third-order valence-electron chi connectivity index (χ3n) is 2.24. The van der Waals surface area contributed by atoms with Gasteiger partial charge in [0.1, 0.15) is 0 Å². The fraction of sp³-hybridized carbons (Fsp3) is 0.273. The van der Waals surface area contributed by atoms with E-state index in [9.17, 15) is 4.79 Å². The highest BCUT2D eigenvalue weighted by Gasteiger charge is 2.09. The molecular formula is C11H13N3OS. The molecule has 0 radical (unpaired) electrons. The maximum absolute atomic E-state index is 11.5. The van der Waals surface area contributed by atoms with E-state index < -0.39 is 0 Å². The van der Waals surface area contributed by atoms with Gasteiger partial charge in [-0.3, -0.25) is 5.32 Å². The van der Waals surface area contributed by atoms with Gasteiger partial charge in [0.15, 0.2) is 5.13 Å². The zero-order valence-corrected chi connectivity index (χ0v) is 10.3. The van der Waals surface area contributed by atoms with Crippen molar-refractivity contribution in [1.82, 2.24) is 9.88 Å². The third kappa shape index (κ3) is 1.99. The standard InChI is InChI=1S/C11H13N3OS/c1-7-5-4-6-8-9(7)12-10(16-8)13-11(15)14(2)3/h4-6H,1-3H3,(H,12,13,15). The number of hydrogen-bond donors (Lipinski definition) is 1. The molecule has 1 aromatic carbocycles. The van der Waals surface area contributed by atoms with Crippen LogP contribution in [-0.2, 0) is 0 Å². The van der Waals surface area contributed by atoms with Gasteiger partial charge >= 0.3 is 6.03 Å². The Labute approximate surface area is 97.9 Å². The van der Waals surface area contributed by atoms with E-state index >= 15 is 0 Å². The van der Waals surface area contributed by atoms with Crippen LogP contribution in [0.4, 0.5) is 9.93 Å². The smallest absolute Gasteiger partial charge is 0.323 e. The third-order valence-corrected chi connectivity index (χ3v) is 3.18. The second kappa shape index (κ2) is 4.09. The van der Waals surface area contributed by atoms with Crippen LogP contribution < -0.4 is 5.32 Å². The maximum atomic E-state index is 11.5. The Bertz CT molecular complexity index is 533. The number of aryl methyl sites for hydroxylation is 1. The number of fused-ring (bicyclic) bond motifs is 1. The van der Waals surface area contributed by atoms with Crippen LogP contribution in [0.5, 0.6) is 0 Å². The first-order chi connectivity index (χ1) is 7.58. The largest absolute Gasteiger partial charge is 0.331 e. The Morgan fingerprint density at radius 2 is 2.19 bits per heavy atom. The molecule has 0 saturated heterocycles. The molecule has 5 heteroatoms. The zero-order valence-electron chi connectivity index (χ0n) is 9.44. The summed E-state index contributed by atoms with van der Waals surface area (Å²) in [5, 5.41) is 3.39. The molecule has 2 amide bonds. The highest BCUT2D eigenvalue weighted by atomic mass is 32.1. The molecule has 0 spiro atoms. The molecule has 16 heavy (non-hydrogen) atoms. The van der Waals surface area contributed by atoms with Gasteiger partial charge in [0.05, 0.1) is 10.2 Å². The van der Waals surface area contributed by atoms with Crippen molar-refractivity contribution in [2.75, 3.05) is 19.4 Å². The molecule has 0 aliphatic carbocycles. The molecule has 0 unspecified atom stereocenters. The van der Waals surface area contributed by atoms with E-state index in [0.29, 0.717) is 5.13 Å². The van der Waals surface area contributed by atoms with E-state index in [1.165, 1.54) is 16.2 Å². The quantitative estimate of drug-likeness (QED) is 0.826. The molecule has 0 saturated carbocycles. The lowest BCUT2D eigenvalue weighted by molar-refractivity contribution is 0.230. The number of nitrogens with one attached hydrogen (secondary N) is 1. The molecule has 0 fully saturated rings. The van der Waals surface area contributed by atoms with Crippen molar-refractivity contribution in [3.63, 3.8) is 0 Å². The van der Waals surface area contributed by atoms with Gasteiger partial charge in [-0.25, -0.2) is 9.78 Å². The van der Waals surface area contributed by atoms with Crippen molar-refractivity contribution in [1.29, 1.82) is 0 Å². The van der Waals surface area contributed by atoms with Gasteiger partial charge in [-0.1, -0.05) is 23.5 Å². The predicted molar refractivity (Wildman–Crippen MR) is 67.1 cm³/mol. The Morgan fingerprint density at radius 1 is 1.44 bits per heavy atom. The number of hydrogen-bond acceptors (Lipinski definition) is 3. The number of amides is 2. The van der Waals surface area contributed by atoms with Crippen molar-refractivity contribution >= 4 is 32.7 Å². The summed E-state index contributed by atoms with van der Waals surface area (Å²) in [4.78, 5) is 17.3. The number of benzene rings is 1. The SMILES string of the molecule is Cc1cccc2sc(NC(=O)N(C)C)nc12. The van der Waals surface area contributed by atoms with Gasteiger partial charge < -0.3 is 4.90 Å². The summed E-state index contributed by atoms with van der Waals surface area (Å²) in [7, 11) is 3.40. The molecule has 84 valence electrons. The number of nitrogens with zero attached hydrogens (tertiary/aromatic N) is 2. The van der Waals surface area contributed by atoms with E-state index in [-0.39, 0.29) is 6.03 Å². The van der Waals surface area contributed by atoms with E-state index in [1.807, 2.05) is 25.1 Å². The van der Waals surface area contributed by atoms with Gasteiger partial charge in [-0.2, -0.15) is 0 Å². The van der Waals surface area contributed by atoms with E-state index in [0.717, 1.165) is 15.8 Å². The van der Waals surface area contributed by atoms with Gasteiger partial charge in [0.2, 0.25) is 0 Å². The first kappa shape index (κ1) is 10.9. The number of carbonyl (C=O) groups excluding carboxylic acids is 1. The number of aromatic nitrogens is 1. The molecule has 0 bridgehead atoms. The van der Waals surface area contributed by atoms with Crippen LogP contribution in [0.25, 0.3) is 10.2 Å². The van der Waals surface area contributed by atoms with Crippen molar-refractivity contribution in [2.45, 2.75) is 6.92 Å². The molecule has 0 aliphatic rings. The van der Waals surface area contributed by atoms with Gasteiger partial charge in [-0.15, -0.1) is 0 Å². The second-order valence-corrected chi connectivity index (χ2v) is 4.80. The van der Waals surface area contributed by atoms with Crippen molar-refractivity contribution in [3.05, 3.63) is 23.8 Å². The number of anilines is 1. The lowest BCUT2D eigenvalue weighted by atomic mass is 10.2. The number of rotatable bonds is 1. The lowest BCUT2D eigenvalue weighted by Crippen LogP contribution is -2.27. The van der Waals surface area contributed by atoms with Gasteiger partial charge in [0.25, 0.3) is 0 Å². The van der Waals surface area contributed by atoms with E-state index in [4.69, 9.17) is 0 Å². The average Bonchev–Trinajstić information content (AvgIpc) is 2.61. The van der Waals surface area contributed by atoms with Gasteiger partial charge in [-0.05, 0) is 18.6 Å². The van der Waals surface area contributed by atoms with Crippen LogP contribution in [0.1, 0.15) is 5.56 Å². The Morgan fingerprint density at radius 3 is 2.81 bits per heavy atom. The Balaban J connectivity index is 2.33. The average molecular weight is 235 g/mol. The molecule has 4 nitrogen and oxygen atoms in total. The number of para-hydroxylation sites is 1. The monoisotopic (exact) mass is 235 g/mol. The Hall–Kier alpha value is -1.62. The van der Waals surface area contributed by atoms with Crippen LogP contribution in [0.15, 0.2) is 18.2 Å². The molecular weight excluding hydrogens is 222 g/mol. The number of urea groups is 1. The summed E-state index contributed by atoms with van der Waals surface area (Å²) in [6, 6.07) is 5.86. The van der Waals surface area contributed by atoms with Crippen molar-refractivity contribution < 1.29 is 4.79 Å². The molecule has 1 heterocycles. The second-order valence-electron chi connectivity index (χ2n) is 3.77. The molecule has 0 atom stereocenters. The van der Waals surface area contributed by atoms with Crippen molar-refractivity contribution in [2.24, 2.45) is 0 Å². The fourth-order valence-corrected chi connectivity index (χ4v) is 2.28. The van der Waals surface area contributed by atoms with Crippen LogP contribution >= 0.6 is 11.3 Å². The first-order valence-electron chi connectivity index (χ1n) is 4.92. The summed E-state index contributed by atoms with van der Waals surface area (Å²) in [5.74, 6) is 0.